The van der Waals surface area contributed by atoms with E-state index in [0.717, 1.165) is 15.8 Å². The van der Waals surface area contributed by atoms with Crippen LogP contribution in [-0.4, -0.2) is 6.04 Å². The van der Waals surface area contributed by atoms with Crippen LogP contribution in [0.5, 0.6) is 0 Å². The fraction of sp³-hybridized carbons (Fsp3) is 0.500. The number of nitrogens with one attached hydrogen (secondary N) is 1. The summed E-state index contributed by atoms with van der Waals surface area (Å²) in [5, 5.41) is 3.43. The molecule has 0 aliphatic carbocycles. The minimum Gasteiger partial charge on any atom is -0.397 e. The van der Waals surface area contributed by atoms with Gasteiger partial charge >= 0.3 is 0 Å². The van der Waals surface area contributed by atoms with Crippen LogP contribution in [0, 0.1) is 5.41 Å². The number of rotatable bonds is 2. The van der Waals surface area contributed by atoms with E-state index in [4.69, 9.17) is 5.73 Å². The molecule has 0 aromatic heterocycles. The average Bonchev–Trinajstić information content (AvgIpc) is 2.08. The van der Waals surface area contributed by atoms with Crippen molar-refractivity contribution in [3.8, 4) is 0 Å². The van der Waals surface area contributed by atoms with Gasteiger partial charge in [0.1, 0.15) is 0 Å². The Hall–Kier alpha value is -0.700. The molecule has 0 heterocycles. The maximum atomic E-state index is 5.92. The van der Waals surface area contributed by atoms with Gasteiger partial charge in [-0.3, -0.25) is 0 Å². The van der Waals surface area contributed by atoms with Crippen LogP contribution in [0.1, 0.15) is 27.7 Å². The quantitative estimate of drug-likeness (QED) is 0.801. The van der Waals surface area contributed by atoms with Crippen molar-refractivity contribution in [2.75, 3.05) is 11.1 Å². The molecule has 1 rings (SSSR count). The molecule has 0 fully saturated rings. The maximum Gasteiger partial charge on any atom is 0.0576 e. The van der Waals surface area contributed by atoms with Crippen LogP contribution in [0.2, 0.25) is 0 Å². The third kappa shape index (κ3) is 3.42. The molecule has 15 heavy (non-hydrogen) atoms. The molecule has 84 valence electrons. The van der Waals surface area contributed by atoms with Crippen LogP contribution in [0.4, 0.5) is 11.4 Å². The van der Waals surface area contributed by atoms with Gasteiger partial charge in [-0.2, -0.15) is 0 Å². The number of benzene rings is 1. The van der Waals surface area contributed by atoms with Gasteiger partial charge in [-0.25, -0.2) is 0 Å². The van der Waals surface area contributed by atoms with Crippen LogP contribution in [0.15, 0.2) is 22.7 Å². The van der Waals surface area contributed by atoms with Crippen molar-refractivity contribution in [2.45, 2.75) is 33.7 Å². The molecule has 0 spiro atoms. The van der Waals surface area contributed by atoms with E-state index in [1.165, 1.54) is 0 Å². The fourth-order valence-electron chi connectivity index (χ4n) is 1.11. The first kappa shape index (κ1) is 12.4. The molecule has 0 amide bonds. The molecular weight excluding hydrogens is 252 g/mol. The monoisotopic (exact) mass is 270 g/mol. The molecule has 2 nitrogen and oxygen atoms in total. The molecule has 0 saturated carbocycles. The van der Waals surface area contributed by atoms with E-state index in [9.17, 15) is 0 Å². The second-order valence-corrected chi connectivity index (χ2v) is 5.88. The molecule has 0 bridgehead atoms. The third-order valence-corrected chi connectivity index (χ3v) is 3.18. The van der Waals surface area contributed by atoms with Crippen LogP contribution >= 0.6 is 15.9 Å². The molecular formula is C12H19BrN2. The van der Waals surface area contributed by atoms with E-state index in [-0.39, 0.29) is 5.41 Å². The van der Waals surface area contributed by atoms with Gasteiger partial charge in [-0.15, -0.1) is 0 Å². The molecule has 1 unspecified atom stereocenters. The zero-order valence-electron chi connectivity index (χ0n) is 9.76. The van der Waals surface area contributed by atoms with Crippen molar-refractivity contribution >= 4 is 27.3 Å². The Morgan fingerprint density at radius 2 is 1.93 bits per heavy atom. The van der Waals surface area contributed by atoms with Crippen molar-refractivity contribution < 1.29 is 0 Å². The Morgan fingerprint density at radius 1 is 1.33 bits per heavy atom. The van der Waals surface area contributed by atoms with Crippen molar-refractivity contribution in [1.82, 2.24) is 0 Å². The van der Waals surface area contributed by atoms with Crippen molar-refractivity contribution in [1.29, 1.82) is 0 Å². The summed E-state index contributed by atoms with van der Waals surface area (Å²) in [4.78, 5) is 0. The number of hydrogen-bond donors (Lipinski definition) is 2. The SMILES string of the molecule is CC(Nc1ccc(Br)cc1N)C(C)(C)C. The topological polar surface area (TPSA) is 38.0 Å². The molecule has 1 atom stereocenters. The van der Waals surface area contributed by atoms with Crippen LogP contribution in [0.3, 0.4) is 0 Å². The first-order valence-electron chi connectivity index (χ1n) is 5.12. The Kier molecular flexibility index (Phi) is 3.66. The summed E-state index contributed by atoms with van der Waals surface area (Å²) in [6.45, 7) is 8.79. The van der Waals surface area contributed by atoms with Crippen molar-refractivity contribution in [2.24, 2.45) is 5.41 Å². The number of anilines is 2. The van der Waals surface area contributed by atoms with E-state index in [2.05, 4.69) is 48.9 Å². The molecule has 0 aliphatic heterocycles. The lowest BCUT2D eigenvalue weighted by Gasteiger charge is -2.29. The highest BCUT2D eigenvalue weighted by Gasteiger charge is 2.20. The highest BCUT2D eigenvalue weighted by molar-refractivity contribution is 9.10. The summed E-state index contributed by atoms with van der Waals surface area (Å²) in [6.07, 6.45) is 0. The fourth-order valence-corrected chi connectivity index (χ4v) is 1.49. The number of nitrogen functional groups attached to an aromatic ring is 1. The average molecular weight is 271 g/mol. The summed E-state index contributed by atoms with van der Waals surface area (Å²) >= 11 is 3.39. The predicted octanol–water partition coefficient (Wildman–Crippen LogP) is 3.88. The maximum absolute atomic E-state index is 5.92. The lowest BCUT2D eigenvalue weighted by Crippen LogP contribution is -2.31. The minimum absolute atomic E-state index is 0.222. The standard InChI is InChI=1S/C12H19BrN2/c1-8(12(2,3)4)15-11-6-5-9(13)7-10(11)14/h5-8,15H,14H2,1-4H3. The predicted molar refractivity (Wildman–Crippen MR) is 71.1 cm³/mol. The summed E-state index contributed by atoms with van der Waals surface area (Å²) in [7, 11) is 0. The van der Waals surface area contributed by atoms with E-state index in [0.29, 0.717) is 6.04 Å². The Balaban J connectivity index is 2.82. The highest BCUT2D eigenvalue weighted by atomic mass is 79.9. The van der Waals surface area contributed by atoms with Gasteiger partial charge < -0.3 is 11.1 Å². The molecule has 0 saturated heterocycles. The summed E-state index contributed by atoms with van der Waals surface area (Å²) < 4.78 is 1.01. The van der Waals surface area contributed by atoms with Gasteiger partial charge in [0.05, 0.1) is 11.4 Å². The summed E-state index contributed by atoms with van der Waals surface area (Å²) in [5.41, 5.74) is 7.92. The molecule has 3 heteroatoms. The highest BCUT2D eigenvalue weighted by Crippen LogP contribution is 2.27. The Labute approximate surface area is 100 Å². The smallest absolute Gasteiger partial charge is 0.0576 e. The van der Waals surface area contributed by atoms with Gasteiger partial charge in [-0.1, -0.05) is 36.7 Å². The van der Waals surface area contributed by atoms with Gasteiger partial charge in [0, 0.05) is 10.5 Å². The minimum atomic E-state index is 0.222. The van der Waals surface area contributed by atoms with E-state index < -0.39 is 0 Å². The normalized spacial score (nSPS) is 13.7. The molecule has 1 aromatic rings. The van der Waals surface area contributed by atoms with Crippen LogP contribution < -0.4 is 11.1 Å². The van der Waals surface area contributed by atoms with E-state index >= 15 is 0 Å². The molecule has 1 aromatic carbocycles. The first-order valence-corrected chi connectivity index (χ1v) is 5.91. The molecule has 0 radical (unpaired) electrons. The second kappa shape index (κ2) is 4.44. The zero-order valence-corrected chi connectivity index (χ0v) is 11.4. The van der Waals surface area contributed by atoms with Gasteiger partial charge in [0.2, 0.25) is 0 Å². The second-order valence-electron chi connectivity index (χ2n) is 4.96. The zero-order chi connectivity index (χ0) is 11.6. The van der Waals surface area contributed by atoms with E-state index in [1.54, 1.807) is 0 Å². The first-order chi connectivity index (χ1) is 6.80. The molecule has 0 aliphatic rings. The van der Waals surface area contributed by atoms with Gasteiger partial charge in [0.25, 0.3) is 0 Å². The Morgan fingerprint density at radius 3 is 2.40 bits per heavy atom. The summed E-state index contributed by atoms with van der Waals surface area (Å²) in [5.74, 6) is 0. The lowest BCUT2D eigenvalue weighted by atomic mass is 9.88. The number of hydrogen-bond acceptors (Lipinski definition) is 2. The van der Waals surface area contributed by atoms with Crippen LogP contribution in [-0.2, 0) is 0 Å². The number of nitrogens with two attached hydrogens (primary N) is 1. The summed E-state index contributed by atoms with van der Waals surface area (Å²) in [6, 6.07) is 6.29. The number of halogens is 1. The van der Waals surface area contributed by atoms with Crippen molar-refractivity contribution in [3.63, 3.8) is 0 Å². The van der Waals surface area contributed by atoms with Crippen LogP contribution in [0.25, 0.3) is 0 Å². The third-order valence-electron chi connectivity index (χ3n) is 2.68. The van der Waals surface area contributed by atoms with Gasteiger partial charge in [-0.05, 0) is 30.5 Å². The van der Waals surface area contributed by atoms with E-state index in [1.807, 2.05) is 18.2 Å². The molecule has 3 N–H and O–H groups in total. The largest absolute Gasteiger partial charge is 0.397 e. The Bertz CT molecular complexity index is 342. The lowest BCUT2D eigenvalue weighted by molar-refractivity contribution is 0.359. The van der Waals surface area contributed by atoms with Gasteiger partial charge in [0.15, 0.2) is 0 Å². The van der Waals surface area contributed by atoms with Crippen molar-refractivity contribution in [3.05, 3.63) is 22.7 Å².